The number of aliphatic imine (C=N–C) groups is 1. The van der Waals surface area contributed by atoms with Crippen LogP contribution in [0.3, 0.4) is 0 Å². The third-order valence-corrected chi connectivity index (χ3v) is 3.48. The zero-order valence-corrected chi connectivity index (χ0v) is 16.7. The van der Waals surface area contributed by atoms with Crippen molar-refractivity contribution in [1.82, 2.24) is 9.78 Å². The molecule has 0 aliphatic carbocycles. The van der Waals surface area contributed by atoms with Crippen LogP contribution in [0.15, 0.2) is 29.3 Å². The van der Waals surface area contributed by atoms with Crippen molar-refractivity contribution in [2.75, 3.05) is 19.5 Å². The maximum atomic E-state index is 5.98. The van der Waals surface area contributed by atoms with Gasteiger partial charge in [0.15, 0.2) is 5.96 Å². The van der Waals surface area contributed by atoms with Gasteiger partial charge < -0.3 is 20.5 Å². The number of hydrogen-bond donors (Lipinski definition) is 2. The molecule has 0 aliphatic rings. The molecule has 7 nitrogen and oxygen atoms in total. The highest BCUT2D eigenvalue weighted by atomic mass is 127. The van der Waals surface area contributed by atoms with Crippen LogP contribution >= 0.6 is 24.0 Å². The lowest BCUT2D eigenvalue weighted by Gasteiger charge is -2.10. The Balaban J connectivity index is 0.00000288. The van der Waals surface area contributed by atoms with Crippen LogP contribution in [-0.2, 0) is 20.0 Å². The van der Waals surface area contributed by atoms with Crippen LogP contribution in [0, 0.1) is 0 Å². The molecule has 0 amide bonds. The molecule has 8 heteroatoms. The number of guanidine groups is 1. The monoisotopic (exact) mass is 445 g/mol. The number of nitrogens with one attached hydrogen (secondary N) is 1. The number of rotatable bonds is 6. The summed E-state index contributed by atoms with van der Waals surface area (Å²) in [5.41, 5.74) is 8.65. The van der Waals surface area contributed by atoms with E-state index in [1.807, 2.05) is 38.2 Å². The maximum absolute atomic E-state index is 5.98. The van der Waals surface area contributed by atoms with Crippen LogP contribution in [0.2, 0.25) is 0 Å². The fourth-order valence-electron chi connectivity index (χ4n) is 2.39. The molecule has 1 aromatic carbocycles. The molecule has 0 saturated carbocycles. The topological polar surface area (TPSA) is 86.7 Å². The average molecular weight is 445 g/mol. The molecule has 0 atom stereocenters. The van der Waals surface area contributed by atoms with Crippen molar-refractivity contribution in [3.63, 3.8) is 0 Å². The molecule has 2 rings (SSSR count). The van der Waals surface area contributed by atoms with Gasteiger partial charge >= 0.3 is 0 Å². The molecule has 3 N–H and O–H groups in total. The van der Waals surface area contributed by atoms with Gasteiger partial charge in [-0.15, -0.1) is 24.0 Å². The third kappa shape index (κ3) is 4.53. The van der Waals surface area contributed by atoms with Gasteiger partial charge in [0.25, 0.3) is 0 Å². The van der Waals surface area contributed by atoms with E-state index in [1.165, 1.54) is 0 Å². The first kappa shape index (κ1) is 20.1. The van der Waals surface area contributed by atoms with Crippen molar-refractivity contribution in [2.45, 2.75) is 19.9 Å². The first-order valence-electron chi connectivity index (χ1n) is 7.39. The second kappa shape index (κ2) is 9.36. The van der Waals surface area contributed by atoms with Crippen LogP contribution in [0.4, 0.5) is 5.69 Å². The van der Waals surface area contributed by atoms with E-state index < -0.39 is 0 Å². The Bertz CT molecular complexity index is 700. The molecular weight excluding hydrogens is 421 g/mol. The molecule has 24 heavy (non-hydrogen) atoms. The number of nitrogens with zero attached hydrogens (tertiary/aromatic N) is 3. The highest BCUT2D eigenvalue weighted by Gasteiger charge is 2.15. The SMILES string of the molecule is CCc1nn(C)c(OC)c1CN=C(N)Nc1ccccc1OC.I. The van der Waals surface area contributed by atoms with E-state index in [1.54, 1.807) is 18.9 Å². The van der Waals surface area contributed by atoms with Crippen LogP contribution < -0.4 is 20.5 Å². The number of para-hydroxylation sites is 2. The highest BCUT2D eigenvalue weighted by molar-refractivity contribution is 14.0. The van der Waals surface area contributed by atoms with E-state index in [0.29, 0.717) is 24.1 Å². The molecule has 1 heterocycles. The van der Waals surface area contributed by atoms with Gasteiger partial charge in [-0.1, -0.05) is 19.1 Å². The van der Waals surface area contributed by atoms with Gasteiger partial charge in [0.1, 0.15) is 5.75 Å². The zero-order valence-electron chi connectivity index (χ0n) is 14.4. The van der Waals surface area contributed by atoms with Crippen molar-refractivity contribution in [3.05, 3.63) is 35.5 Å². The summed E-state index contributed by atoms with van der Waals surface area (Å²) in [4.78, 5) is 4.39. The number of aryl methyl sites for hydroxylation is 2. The average Bonchev–Trinajstić information content (AvgIpc) is 2.88. The largest absolute Gasteiger partial charge is 0.495 e. The van der Waals surface area contributed by atoms with E-state index >= 15 is 0 Å². The van der Waals surface area contributed by atoms with Crippen LogP contribution in [0.5, 0.6) is 11.6 Å². The molecule has 132 valence electrons. The van der Waals surface area contributed by atoms with Gasteiger partial charge in [-0.25, -0.2) is 9.67 Å². The number of aromatic nitrogens is 2. The molecule has 0 bridgehead atoms. The van der Waals surface area contributed by atoms with Gasteiger partial charge in [0.2, 0.25) is 5.88 Å². The number of anilines is 1. The molecular formula is C16H24IN5O2. The maximum Gasteiger partial charge on any atom is 0.216 e. The molecule has 2 aromatic rings. The summed E-state index contributed by atoms with van der Waals surface area (Å²) in [6, 6.07) is 7.53. The molecule has 0 spiro atoms. The summed E-state index contributed by atoms with van der Waals surface area (Å²) in [5.74, 6) is 1.72. The summed E-state index contributed by atoms with van der Waals surface area (Å²) in [7, 11) is 5.09. The minimum absolute atomic E-state index is 0. The molecule has 0 radical (unpaired) electrons. The summed E-state index contributed by atoms with van der Waals surface area (Å²) < 4.78 is 12.4. The molecule has 0 unspecified atom stereocenters. The van der Waals surface area contributed by atoms with E-state index in [2.05, 4.69) is 15.4 Å². The molecule has 0 aliphatic heterocycles. The fraction of sp³-hybridized carbons (Fsp3) is 0.375. The normalized spacial score (nSPS) is 10.9. The van der Waals surface area contributed by atoms with Crippen molar-refractivity contribution < 1.29 is 9.47 Å². The lowest BCUT2D eigenvalue weighted by molar-refractivity contribution is 0.369. The molecule has 0 saturated heterocycles. The Hall–Kier alpha value is -1.97. The lowest BCUT2D eigenvalue weighted by atomic mass is 10.2. The number of methoxy groups -OCH3 is 2. The van der Waals surface area contributed by atoms with Gasteiger partial charge in [-0.2, -0.15) is 5.10 Å². The Morgan fingerprint density at radius 2 is 2.00 bits per heavy atom. The first-order valence-corrected chi connectivity index (χ1v) is 7.39. The van der Waals surface area contributed by atoms with E-state index in [-0.39, 0.29) is 24.0 Å². The zero-order chi connectivity index (χ0) is 16.8. The van der Waals surface area contributed by atoms with Crippen LogP contribution in [-0.4, -0.2) is 30.0 Å². The lowest BCUT2D eigenvalue weighted by Crippen LogP contribution is -2.23. The fourth-order valence-corrected chi connectivity index (χ4v) is 2.39. The molecule has 0 fully saturated rings. The predicted octanol–water partition coefficient (Wildman–Crippen LogP) is 2.54. The first-order chi connectivity index (χ1) is 11.1. The summed E-state index contributed by atoms with van der Waals surface area (Å²) in [6.45, 7) is 2.44. The number of ether oxygens (including phenoxy) is 2. The second-order valence-electron chi connectivity index (χ2n) is 4.94. The predicted molar refractivity (Wildman–Crippen MR) is 106 cm³/mol. The highest BCUT2D eigenvalue weighted by Crippen LogP contribution is 2.24. The number of halogens is 1. The Morgan fingerprint density at radius 1 is 1.29 bits per heavy atom. The van der Waals surface area contributed by atoms with Crippen molar-refractivity contribution in [1.29, 1.82) is 0 Å². The van der Waals surface area contributed by atoms with Gasteiger partial charge in [0.05, 0.1) is 37.7 Å². The Morgan fingerprint density at radius 3 is 2.62 bits per heavy atom. The van der Waals surface area contributed by atoms with Gasteiger partial charge in [-0.05, 0) is 18.6 Å². The number of benzene rings is 1. The summed E-state index contributed by atoms with van der Waals surface area (Å²) in [6.07, 6.45) is 0.807. The van der Waals surface area contributed by atoms with E-state index in [0.717, 1.165) is 23.4 Å². The van der Waals surface area contributed by atoms with E-state index in [4.69, 9.17) is 15.2 Å². The van der Waals surface area contributed by atoms with Crippen molar-refractivity contribution in [2.24, 2.45) is 17.8 Å². The number of nitrogens with two attached hydrogens (primary N) is 1. The van der Waals surface area contributed by atoms with Crippen molar-refractivity contribution in [3.8, 4) is 11.6 Å². The number of hydrogen-bond acceptors (Lipinski definition) is 4. The Labute approximate surface area is 159 Å². The third-order valence-electron chi connectivity index (χ3n) is 3.48. The quantitative estimate of drug-likeness (QED) is 0.406. The van der Waals surface area contributed by atoms with Crippen molar-refractivity contribution >= 4 is 35.6 Å². The molecule has 1 aromatic heterocycles. The standard InChI is InChI=1S/C16H23N5O2.HI/c1-5-12-11(15(23-4)21(2)20-12)10-18-16(17)19-13-8-6-7-9-14(13)22-3;/h6-9H,5,10H2,1-4H3,(H3,17,18,19);1H. The van der Waals surface area contributed by atoms with Gasteiger partial charge in [0, 0.05) is 7.05 Å². The van der Waals surface area contributed by atoms with Crippen LogP contribution in [0.1, 0.15) is 18.2 Å². The second-order valence-corrected chi connectivity index (χ2v) is 4.94. The van der Waals surface area contributed by atoms with Crippen LogP contribution in [0.25, 0.3) is 0 Å². The summed E-state index contributed by atoms with van der Waals surface area (Å²) in [5, 5.41) is 7.48. The van der Waals surface area contributed by atoms with E-state index in [9.17, 15) is 0 Å². The van der Waals surface area contributed by atoms with Gasteiger partial charge in [-0.3, -0.25) is 0 Å². The Kier molecular flexibility index (Phi) is 7.83. The smallest absolute Gasteiger partial charge is 0.216 e. The minimum Gasteiger partial charge on any atom is -0.495 e. The summed E-state index contributed by atoms with van der Waals surface area (Å²) >= 11 is 0. The minimum atomic E-state index is 0.